The second-order valence-corrected chi connectivity index (χ2v) is 7.68. The van der Waals surface area contributed by atoms with E-state index in [9.17, 15) is 14.9 Å². The number of carbonyl (C=O) groups is 1. The number of amides is 1. The summed E-state index contributed by atoms with van der Waals surface area (Å²) in [6, 6.07) is 13.6. The lowest BCUT2D eigenvalue weighted by Crippen LogP contribution is -2.49. The fraction of sp³-hybridized carbons (Fsp3) is 0.286. The van der Waals surface area contributed by atoms with E-state index in [1.807, 2.05) is 37.3 Å². The Labute approximate surface area is 183 Å². The third-order valence-corrected chi connectivity index (χ3v) is 5.60. The van der Waals surface area contributed by atoms with Gasteiger partial charge in [-0.1, -0.05) is 47.1 Å². The van der Waals surface area contributed by atoms with Crippen LogP contribution < -0.4 is 0 Å². The van der Waals surface area contributed by atoms with Crippen molar-refractivity contribution in [2.24, 2.45) is 0 Å². The molecule has 0 spiro atoms. The molecule has 0 saturated carbocycles. The van der Waals surface area contributed by atoms with Crippen LogP contribution in [0, 0.1) is 10.1 Å². The molecular weight excluding hydrogens is 422 g/mol. The van der Waals surface area contributed by atoms with Crippen molar-refractivity contribution in [1.29, 1.82) is 0 Å². The maximum Gasteiger partial charge on any atom is 0.283 e. The van der Waals surface area contributed by atoms with Crippen LogP contribution in [0.4, 0.5) is 5.69 Å². The highest BCUT2D eigenvalue weighted by atomic mass is 35.5. The Balaban J connectivity index is 1.42. The molecular formula is C21H20ClN5O4. The molecule has 10 heteroatoms. The van der Waals surface area contributed by atoms with Gasteiger partial charge in [-0.3, -0.25) is 19.8 Å². The van der Waals surface area contributed by atoms with Crippen molar-refractivity contribution in [3.05, 3.63) is 75.1 Å². The highest BCUT2D eigenvalue weighted by Gasteiger charge is 2.30. The molecule has 0 aliphatic carbocycles. The quantitative estimate of drug-likeness (QED) is 0.437. The fourth-order valence-corrected chi connectivity index (χ4v) is 3.75. The number of aromatic nitrogens is 2. The molecule has 0 N–H and O–H groups in total. The number of hydrogen-bond acceptors (Lipinski definition) is 7. The van der Waals surface area contributed by atoms with Gasteiger partial charge in [0.05, 0.1) is 11.0 Å². The summed E-state index contributed by atoms with van der Waals surface area (Å²) in [7, 11) is 0. The van der Waals surface area contributed by atoms with E-state index in [0.29, 0.717) is 37.9 Å². The summed E-state index contributed by atoms with van der Waals surface area (Å²) in [4.78, 5) is 31.8. The SMILES string of the molecule is CC(c1nc(-c2ccccc2)no1)N1CCN(C(=O)c2ccc(Cl)cc2[N+](=O)[O-])CC1. The monoisotopic (exact) mass is 441 g/mol. The molecule has 2 heterocycles. The summed E-state index contributed by atoms with van der Waals surface area (Å²) in [5.74, 6) is 0.665. The zero-order chi connectivity index (χ0) is 22.0. The summed E-state index contributed by atoms with van der Waals surface area (Å²) in [6.45, 7) is 4.00. The number of hydrogen-bond donors (Lipinski definition) is 0. The standard InChI is InChI=1S/C21H20ClN5O4/c1-14(20-23-19(24-31-20)15-5-3-2-4-6-15)25-9-11-26(12-10-25)21(28)17-8-7-16(22)13-18(17)27(29)30/h2-8,13-14H,9-12H2,1H3. The molecule has 1 aromatic heterocycles. The predicted molar refractivity (Wildman–Crippen MR) is 114 cm³/mol. The summed E-state index contributed by atoms with van der Waals surface area (Å²) < 4.78 is 5.46. The first kappa shape index (κ1) is 21.0. The minimum atomic E-state index is -0.586. The van der Waals surface area contributed by atoms with Gasteiger partial charge >= 0.3 is 0 Å². The van der Waals surface area contributed by atoms with Crippen molar-refractivity contribution in [1.82, 2.24) is 19.9 Å². The van der Waals surface area contributed by atoms with E-state index in [-0.39, 0.29) is 28.2 Å². The Morgan fingerprint density at radius 2 is 1.87 bits per heavy atom. The van der Waals surface area contributed by atoms with Gasteiger partial charge in [0.2, 0.25) is 11.7 Å². The lowest BCUT2D eigenvalue weighted by Gasteiger charge is -2.36. The Bertz CT molecular complexity index is 1100. The molecule has 0 bridgehead atoms. The second-order valence-electron chi connectivity index (χ2n) is 7.24. The maximum absolute atomic E-state index is 12.9. The van der Waals surface area contributed by atoms with Gasteiger partial charge in [0.25, 0.3) is 11.6 Å². The lowest BCUT2D eigenvalue weighted by molar-refractivity contribution is -0.385. The molecule has 160 valence electrons. The van der Waals surface area contributed by atoms with Crippen molar-refractivity contribution in [3.63, 3.8) is 0 Å². The summed E-state index contributed by atoms with van der Waals surface area (Å²) in [5.41, 5.74) is 0.637. The van der Waals surface area contributed by atoms with Crippen LogP contribution in [0.5, 0.6) is 0 Å². The molecule has 31 heavy (non-hydrogen) atoms. The second kappa shape index (κ2) is 8.83. The summed E-state index contributed by atoms with van der Waals surface area (Å²) in [5, 5.41) is 15.6. The lowest BCUT2D eigenvalue weighted by atomic mass is 10.1. The first-order chi connectivity index (χ1) is 14.9. The van der Waals surface area contributed by atoms with E-state index in [2.05, 4.69) is 15.0 Å². The number of benzene rings is 2. The molecule has 2 aromatic carbocycles. The first-order valence-electron chi connectivity index (χ1n) is 9.80. The van der Waals surface area contributed by atoms with Crippen LogP contribution in [0.3, 0.4) is 0 Å². The molecule has 1 atom stereocenters. The van der Waals surface area contributed by atoms with Crippen molar-refractivity contribution in [2.45, 2.75) is 13.0 Å². The van der Waals surface area contributed by atoms with Gasteiger partial charge in [-0.25, -0.2) is 0 Å². The average molecular weight is 442 g/mol. The molecule has 4 rings (SSSR count). The van der Waals surface area contributed by atoms with Gasteiger partial charge in [0.15, 0.2) is 0 Å². The first-order valence-corrected chi connectivity index (χ1v) is 10.2. The van der Waals surface area contributed by atoms with Crippen LogP contribution in [-0.2, 0) is 0 Å². The fourth-order valence-electron chi connectivity index (χ4n) is 3.58. The van der Waals surface area contributed by atoms with E-state index in [4.69, 9.17) is 16.1 Å². The number of carbonyl (C=O) groups excluding carboxylic acids is 1. The highest BCUT2D eigenvalue weighted by molar-refractivity contribution is 6.31. The molecule has 1 amide bonds. The minimum Gasteiger partial charge on any atom is -0.337 e. The maximum atomic E-state index is 12.9. The predicted octanol–water partition coefficient (Wildman–Crippen LogP) is 3.82. The number of rotatable bonds is 5. The Kier molecular flexibility index (Phi) is 5.97. The van der Waals surface area contributed by atoms with Crippen LogP contribution in [0.2, 0.25) is 5.02 Å². The zero-order valence-corrected chi connectivity index (χ0v) is 17.5. The van der Waals surface area contributed by atoms with E-state index in [1.54, 1.807) is 4.90 Å². The van der Waals surface area contributed by atoms with Gasteiger partial charge < -0.3 is 9.42 Å². The number of halogens is 1. The summed E-state index contributed by atoms with van der Waals surface area (Å²) in [6.07, 6.45) is 0. The molecule has 0 radical (unpaired) electrons. The van der Waals surface area contributed by atoms with E-state index >= 15 is 0 Å². The highest BCUT2D eigenvalue weighted by Crippen LogP contribution is 2.27. The van der Waals surface area contributed by atoms with Crippen LogP contribution in [0.1, 0.15) is 29.2 Å². The average Bonchev–Trinajstić information content (AvgIpc) is 3.29. The molecule has 3 aromatic rings. The third kappa shape index (κ3) is 4.42. The van der Waals surface area contributed by atoms with Crippen LogP contribution >= 0.6 is 11.6 Å². The number of nitro benzene ring substituents is 1. The largest absolute Gasteiger partial charge is 0.337 e. The van der Waals surface area contributed by atoms with Gasteiger partial charge in [0, 0.05) is 42.8 Å². The van der Waals surface area contributed by atoms with E-state index in [1.165, 1.54) is 18.2 Å². The molecule has 1 aliphatic rings. The van der Waals surface area contributed by atoms with Gasteiger partial charge in [-0.05, 0) is 19.1 Å². The molecule has 1 aliphatic heterocycles. The Morgan fingerprint density at radius 1 is 1.16 bits per heavy atom. The van der Waals surface area contributed by atoms with E-state index in [0.717, 1.165) is 5.56 Å². The van der Waals surface area contributed by atoms with Crippen molar-refractivity contribution < 1.29 is 14.2 Å². The van der Waals surface area contributed by atoms with Gasteiger partial charge in [-0.2, -0.15) is 4.98 Å². The number of piperazine rings is 1. The molecule has 1 fully saturated rings. The van der Waals surface area contributed by atoms with Crippen LogP contribution in [0.25, 0.3) is 11.4 Å². The van der Waals surface area contributed by atoms with Gasteiger partial charge in [0.1, 0.15) is 5.56 Å². The smallest absolute Gasteiger partial charge is 0.283 e. The Hall–Kier alpha value is -3.30. The number of nitro groups is 1. The number of nitrogens with zero attached hydrogens (tertiary/aromatic N) is 5. The van der Waals surface area contributed by atoms with Crippen LogP contribution in [-0.4, -0.2) is 56.9 Å². The van der Waals surface area contributed by atoms with Crippen molar-refractivity contribution in [3.8, 4) is 11.4 Å². The van der Waals surface area contributed by atoms with Crippen molar-refractivity contribution in [2.75, 3.05) is 26.2 Å². The summed E-state index contributed by atoms with van der Waals surface area (Å²) >= 11 is 5.85. The zero-order valence-electron chi connectivity index (χ0n) is 16.8. The minimum absolute atomic E-state index is 0.0419. The van der Waals surface area contributed by atoms with Gasteiger partial charge in [-0.15, -0.1) is 0 Å². The van der Waals surface area contributed by atoms with E-state index < -0.39 is 4.92 Å². The third-order valence-electron chi connectivity index (χ3n) is 5.37. The molecule has 1 unspecified atom stereocenters. The normalized spacial score (nSPS) is 15.6. The Morgan fingerprint density at radius 3 is 2.55 bits per heavy atom. The van der Waals surface area contributed by atoms with Crippen molar-refractivity contribution >= 4 is 23.2 Å². The van der Waals surface area contributed by atoms with Crippen LogP contribution in [0.15, 0.2) is 53.1 Å². The molecule has 9 nitrogen and oxygen atoms in total. The topological polar surface area (TPSA) is 106 Å². The molecule has 1 saturated heterocycles.